The summed E-state index contributed by atoms with van der Waals surface area (Å²) in [6.07, 6.45) is 0. The third kappa shape index (κ3) is 4.09. The Morgan fingerprint density at radius 3 is 1.67 bits per heavy atom. The lowest BCUT2D eigenvalue weighted by Gasteiger charge is -2.18. The maximum absolute atomic E-state index is 9.48. The third-order valence-electron chi connectivity index (χ3n) is 8.00. The maximum atomic E-state index is 9.48. The molecule has 0 aliphatic carbocycles. The van der Waals surface area contributed by atoms with Gasteiger partial charge in [0.1, 0.15) is 11.2 Å². The van der Waals surface area contributed by atoms with Crippen molar-refractivity contribution in [3.8, 4) is 44.5 Å². The van der Waals surface area contributed by atoms with Gasteiger partial charge in [-0.15, -0.1) is 0 Å². The predicted molar refractivity (Wildman–Crippen MR) is 190 cm³/mol. The topological polar surface area (TPSA) is 13.1 Å². The Balaban J connectivity index is 1.43. The van der Waals surface area contributed by atoms with Gasteiger partial charge in [0.25, 0.3) is 0 Å². The van der Waals surface area contributed by atoms with E-state index < -0.39 is 90.2 Å². The highest BCUT2D eigenvalue weighted by Crippen LogP contribution is 2.47. The van der Waals surface area contributed by atoms with Crippen molar-refractivity contribution < 1.29 is 26.3 Å². The molecule has 9 aromatic rings. The number of benzene rings is 8. The molecule has 1 heterocycles. The normalized spacial score (nSPS) is 16.5. The monoisotopic (exact) mass is 588 g/mol. The number of hydrogen-bond acceptors (Lipinski definition) is 1. The number of furan rings is 1. The van der Waals surface area contributed by atoms with Gasteiger partial charge in [-0.05, 0) is 72.6 Å². The Kier molecular flexibility index (Phi) is 3.28. The molecule has 0 aliphatic heterocycles. The van der Waals surface area contributed by atoms with E-state index in [0.29, 0.717) is 43.8 Å². The first-order valence-corrected chi connectivity index (χ1v) is 14.1. The third-order valence-corrected chi connectivity index (χ3v) is 8.00. The average Bonchev–Trinajstić information content (AvgIpc) is 3.66. The molecule has 0 atom stereocenters. The van der Waals surface area contributed by atoms with Crippen LogP contribution in [0.15, 0.2) is 174 Å². The fourth-order valence-corrected chi connectivity index (χ4v) is 6.15. The molecule has 8 aromatic carbocycles. The van der Waals surface area contributed by atoms with Crippen LogP contribution in [0.3, 0.4) is 0 Å². The van der Waals surface area contributed by atoms with Crippen LogP contribution in [0.2, 0.25) is 0 Å². The Hall–Kier alpha value is -5.92. The summed E-state index contributed by atoms with van der Waals surface area (Å²) < 4.78 is 145. The van der Waals surface area contributed by atoms with Gasteiger partial charge in [-0.25, -0.2) is 0 Å². The molecule has 0 radical (unpaired) electrons. The summed E-state index contributed by atoms with van der Waals surface area (Å²) in [5.41, 5.74) is 0.848. The fourth-order valence-electron chi connectivity index (χ4n) is 6.15. The lowest BCUT2D eigenvalue weighted by molar-refractivity contribution is 0.670. The zero-order valence-corrected chi connectivity index (χ0v) is 23.3. The predicted octanol–water partition coefficient (Wildman–Crippen LogP) is 12.6. The van der Waals surface area contributed by atoms with E-state index in [-0.39, 0.29) is 50.7 Å². The fraction of sp³-hybridized carbons (Fsp3) is 0. The van der Waals surface area contributed by atoms with Gasteiger partial charge < -0.3 is 4.42 Å². The van der Waals surface area contributed by atoms with Gasteiger partial charge in [0, 0.05) is 16.3 Å². The lowest BCUT2D eigenvalue weighted by Crippen LogP contribution is -1.91. The summed E-state index contributed by atoms with van der Waals surface area (Å²) in [5, 5.41) is 2.28. The second-order valence-electron chi connectivity index (χ2n) is 10.4. The van der Waals surface area contributed by atoms with E-state index in [1.807, 2.05) is 42.5 Å². The molecule has 0 fully saturated rings. The zero-order valence-electron chi connectivity index (χ0n) is 39.3. The van der Waals surface area contributed by atoms with E-state index in [0.717, 1.165) is 0 Å². The van der Waals surface area contributed by atoms with Crippen molar-refractivity contribution in [3.63, 3.8) is 0 Å². The number of fused-ring (bicyclic) bond motifs is 5. The van der Waals surface area contributed by atoms with E-state index >= 15 is 0 Å². The Labute approximate surface area is 284 Å². The van der Waals surface area contributed by atoms with Crippen LogP contribution in [0, 0.1) is 0 Å². The minimum Gasteiger partial charge on any atom is -0.455 e. The van der Waals surface area contributed by atoms with Crippen LogP contribution in [0.4, 0.5) is 0 Å². The van der Waals surface area contributed by atoms with Crippen LogP contribution in [-0.2, 0) is 0 Å². The van der Waals surface area contributed by atoms with Gasteiger partial charge >= 0.3 is 0 Å². The van der Waals surface area contributed by atoms with Crippen LogP contribution in [0.5, 0.6) is 0 Å². The van der Waals surface area contributed by atoms with Crippen LogP contribution < -0.4 is 0 Å². The molecule has 0 aliphatic rings. The molecule has 210 valence electrons. The van der Waals surface area contributed by atoms with Crippen molar-refractivity contribution >= 4 is 43.5 Å². The molecule has 0 N–H and O–H groups in total. The summed E-state index contributed by atoms with van der Waals surface area (Å²) >= 11 is 0. The molecule has 0 spiro atoms. The van der Waals surface area contributed by atoms with Crippen LogP contribution in [0.25, 0.3) is 88.0 Å². The molecule has 1 heteroatoms. The van der Waals surface area contributed by atoms with Crippen molar-refractivity contribution in [1.82, 2.24) is 0 Å². The number of hydrogen-bond donors (Lipinski definition) is 0. The first-order valence-electron chi connectivity index (χ1n) is 22.1. The Morgan fingerprint density at radius 2 is 0.978 bits per heavy atom. The lowest BCUT2D eigenvalue weighted by atomic mass is 9.84. The van der Waals surface area contributed by atoms with Crippen LogP contribution in [-0.4, -0.2) is 0 Å². The van der Waals surface area contributed by atoms with Crippen molar-refractivity contribution in [2.24, 2.45) is 0 Å². The molecular weight excluding hydrogens is 544 g/mol. The molecule has 0 bridgehead atoms. The minimum atomic E-state index is -0.693. The summed E-state index contributed by atoms with van der Waals surface area (Å²) in [5.74, 6) is 0. The van der Waals surface area contributed by atoms with Gasteiger partial charge in [-0.3, -0.25) is 0 Å². The van der Waals surface area contributed by atoms with E-state index in [9.17, 15) is 2.74 Å². The van der Waals surface area contributed by atoms with Crippen LogP contribution in [0.1, 0.15) is 21.9 Å². The maximum Gasteiger partial charge on any atom is 0.143 e. The molecule has 0 saturated carbocycles. The van der Waals surface area contributed by atoms with Gasteiger partial charge in [-0.2, -0.15) is 0 Å². The highest BCUT2D eigenvalue weighted by atomic mass is 16.3. The van der Waals surface area contributed by atoms with Gasteiger partial charge in [0.05, 0.1) is 21.9 Å². The van der Waals surface area contributed by atoms with E-state index in [2.05, 4.69) is 0 Å². The first-order chi connectivity index (χ1) is 29.0. The smallest absolute Gasteiger partial charge is 0.143 e. The zero-order chi connectivity index (χ0) is 43.7. The van der Waals surface area contributed by atoms with Gasteiger partial charge in [0.2, 0.25) is 0 Å². The second-order valence-corrected chi connectivity index (χ2v) is 10.4. The highest BCUT2D eigenvalue weighted by Gasteiger charge is 2.21. The first kappa shape index (κ1) is 14.2. The Bertz CT molecular complexity index is 3330. The molecule has 1 nitrogen and oxygen atoms in total. The van der Waals surface area contributed by atoms with E-state index in [1.54, 1.807) is 30.3 Å². The largest absolute Gasteiger partial charge is 0.455 e. The molecule has 45 heavy (non-hydrogen) atoms. The second kappa shape index (κ2) is 10.4. The molecular formula is C44H28O. The average molecular weight is 589 g/mol. The molecule has 0 amide bonds. The van der Waals surface area contributed by atoms with Gasteiger partial charge in [0.15, 0.2) is 0 Å². The molecule has 1 aromatic heterocycles. The number of para-hydroxylation sites is 1. The van der Waals surface area contributed by atoms with Gasteiger partial charge in [-0.1, -0.05) is 157 Å². The van der Waals surface area contributed by atoms with Crippen molar-refractivity contribution in [1.29, 1.82) is 0 Å². The summed E-state index contributed by atoms with van der Waals surface area (Å²) in [7, 11) is 0. The molecule has 0 saturated heterocycles. The minimum absolute atomic E-state index is 0.000595. The van der Waals surface area contributed by atoms with Crippen LogP contribution >= 0.6 is 0 Å². The van der Waals surface area contributed by atoms with E-state index in [1.165, 1.54) is 0 Å². The molecule has 9 rings (SSSR count). The quantitative estimate of drug-likeness (QED) is 0.186. The SMILES string of the molecule is [2H]c1c([2H])c([2H])c(-c2cccc(-c3c4ccccc4c(-c4c([2H])c([2H])c([2H])c5oc6c(-c7c([2H])c([2H])c([2H])c([2H])c7[2H])c([2H])c([2H])c([2H])c6c45)c4ccccc34)c2)c([2H])c1[2H]. The van der Waals surface area contributed by atoms with E-state index in [4.69, 9.17) is 23.6 Å². The standard InChI is InChI=1S/C44H28O/c1-3-14-29(15-4-1)31-18-11-19-32(28-31)41-34-20-7-9-22-36(34)42(37-23-10-8-21-35(37)41)38-25-13-27-40-43(38)39-26-12-24-33(44(39)45-40)30-16-5-2-6-17-30/h1-28H/i1D,2D,3D,4D,5D,6D,12D,13D,14D,15D,16D,17D,24D,25D,26D,27D. The summed E-state index contributed by atoms with van der Waals surface area (Å²) in [4.78, 5) is 0. The highest BCUT2D eigenvalue weighted by molar-refractivity contribution is 6.26. The van der Waals surface area contributed by atoms with Crippen molar-refractivity contribution in [2.45, 2.75) is 0 Å². The van der Waals surface area contributed by atoms with Crippen molar-refractivity contribution in [3.05, 3.63) is 169 Å². The molecule has 0 unspecified atom stereocenters. The summed E-state index contributed by atoms with van der Waals surface area (Å²) in [6.45, 7) is 0. The van der Waals surface area contributed by atoms with Crippen molar-refractivity contribution in [2.75, 3.05) is 0 Å². The summed E-state index contributed by atoms with van der Waals surface area (Å²) in [6, 6.07) is 12.7. The number of rotatable bonds is 4. The Morgan fingerprint density at radius 1 is 0.400 bits per heavy atom.